The molecule has 2 N–H and O–H groups in total. The molecule has 0 aromatic rings. The molecule has 0 saturated carbocycles. The fourth-order valence-electron chi connectivity index (χ4n) is 1.91. The van der Waals surface area contributed by atoms with E-state index in [0.717, 1.165) is 0 Å². The summed E-state index contributed by atoms with van der Waals surface area (Å²) >= 11 is 0. The van der Waals surface area contributed by atoms with E-state index in [9.17, 15) is 14.7 Å². The lowest BCUT2D eigenvalue weighted by atomic mass is 9.73. The van der Waals surface area contributed by atoms with E-state index in [1.54, 1.807) is 12.2 Å². The zero-order valence-corrected chi connectivity index (χ0v) is 8.25. The van der Waals surface area contributed by atoms with E-state index >= 15 is 0 Å². The fourth-order valence-corrected chi connectivity index (χ4v) is 1.91. The topological polar surface area (TPSA) is 87.0 Å². The number of aliphatic carboxylic acids is 2. The van der Waals surface area contributed by atoms with Gasteiger partial charge >= 0.3 is 11.9 Å². The van der Waals surface area contributed by atoms with Crippen molar-refractivity contribution in [1.82, 2.24) is 0 Å². The molecule has 0 bridgehead atoms. The third kappa shape index (κ3) is 1.37. The lowest BCUT2D eigenvalue weighted by Crippen LogP contribution is -2.35. The summed E-state index contributed by atoms with van der Waals surface area (Å²) in [6.45, 7) is 0. The monoisotopic (exact) mass is 219 g/mol. The van der Waals surface area contributed by atoms with Crippen molar-refractivity contribution in [2.75, 3.05) is 0 Å². The normalized spacial score (nSPS) is 26.0. The minimum absolute atomic E-state index is 0.435. The largest absolute Gasteiger partial charge is 0.481 e. The first-order valence-corrected chi connectivity index (χ1v) is 4.66. The van der Waals surface area contributed by atoms with E-state index in [-0.39, 0.29) is 0 Å². The number of rotatable bonds is 3. The minimum Gasteiger partial charge on any atom is -0.481 e. The molecule has 0 fully saturated rings. The number of carboxylic acids is 2. The highest BCUT2D eigenvalue weighted by Crippen LogP contribution is 2.42. The quantitative estimate of drug-likeness (QED) is 0.741. The molecule has 1 unspecified atom stereocenters. The fraction of sp³-hybridized carbons (Fsp3) is 0.182. The van der Waals surface area contributed by atoms with Crippen molar-refractivity contribution >= 4 is 18.2 Å². The molecule has 0 aromatic heterocycles. The van der Waals surface area contributed by atoms with Crippen molar-refractivity contribution in [3.8, 4) is 0 Å². The predicted molar refractivity (Wildman–Crippen MR) is 56.1 cm³/mol. The highest BCUT2D eigenvalue weighted by Gasteiger charge is 2.45. The molecule has 5 heteroatoms. The van der Waals surface area contributed by atoms with E-state index in [4.69, 9.17) is 5.11 Å². The van der Waals surface area contributed by atoms with Gasteiger partial charge in [-0.05, 0) is 12.2 Å². The summed E-state index contributed by atoms with van der Waals surface area (Å²) in [6, 6.07) is 0. The molecule has 1 aliphatic carbocycles. The smallest absolute Gasteiger partial charge is 0.318 e. The summed E-state index contributed by atoms with van der Waals surface area (Å²) in [5, 5.41) is 18.1. The van der Waals surface area contributed by atoms with E-state index < -0.39 is 23.8 Å². The molecule has 2 rings (SSSR count). The Bertz CT molecular complexity index is 484. The summed E-state index contributed by atoms with van der Waals surface area (Å²) < 4.78 is 0. The molecular weight excluding hydrogens is 210 g/mol. The highest BCUT2D eigenvalue weighted by atomic mass is 16.4. The average Bonchev–Trinajstić information content (AvgIpc) is 2.65. The van der Waals surface area contributed by atoms with Gasteiger partial charge in [0.15, 0.2) is 0 Å². The van der Waals surface area contributed by atoms with Crippen LogP contribution in [0.4, 0.5) is 0 Å². The van der Waals surface area contributed by atoms with Crippen LogP contribution in [0.2, 0.25) is 0 Å². The van der Waals surface area contributed by atoms with Crippen molar-refractivity contribution in [3.05, 3.63) is 35.6 Å². The molecule has 1 heterocycles. The van der Waals surface area contributed by atoms with Crippen molar-refractivity contribution < 1.29 is 19.8 Å². The van der Waals surface area contributed by atoms with Crippen LogP contribution < -0.4 is 0 Å². The van der Waals surface area contributed by atoms with Crippen LogP contribution >= 0.6 is 0 Å². The van der Waals surface area contributed by atoms with Crippen molar-refractivity contribution in [3.63, 3.8) is 0 Å². The predicted octanol–water partition coefficient (Wildman–Crippen LogP) is 0.997. The van der Waals surface area contributed by atoms with E-state index in [1.165, 1.54) is 18.4 Å². The zero-order valence-electron chi connectivity index (χ0n) is 8.25. The second kappa shape index (κ2) is 3.44. The number of allylic oxidation sites excluding steroid dienone is 4. The van der Waals surface area contributed by atoms with Gasteiger partial charge < -0.3 is 10.2 Å². The number of aliphatic imine (C=N–C) groups is 1. The first-order valence-electron chi connectivity index (χ1n) is 4.66. The Morgan fingerprint density at radius 1 is 1.31 bits per heavy atom. The molecule has 1 aliphatic heterocycles. The zero-order chi connectivity index (χ0) is 11.8. The second-order valence-electron chi connectivity index (χ2n) is 3.62. The molecule has 0 spiro atoms. The van der Waals surface area contributed by atoms with Crippen molar-refractivity contribution in [1.29, 1.82) is 0 Å². The Balaban J connectivity index is 2.49. The van der Waals surface area contributed by atoms with Crippen LogP contribution in [0.15, 0.2) is 40.6 Å². The Hall–Kier alpha value is -2.17. The number of hydrogen-bond donors (Lipinski definition) is 2. The van der Waals surface area contributed by atoms with E-state index in [1.807, 2.05) is 0 Å². The van der Waals surface area contributed by atoms with Crippen LogP contribution in [0.3, 0.4) is 0 Å². The standard InChI is InChI=1S/C11H9NO4/c13-9(14)6-11(10(15)16)4-1-2-8-7(11)3-5-12-8/h1-5H,6H2,(H,13,14)(H,15,16). The molecule has 0 amide bonds. The minimum atomic E-state index is -1.49. The number of nitrogens with zero attached hydrogens (tertiary/aromatic N) is 1. The third-order valence-electron chi connectivity index (χ3n) is 2.66. The number of fused-ring (bicyclic) bond motifs is 1. The maximum absolute atomic E-state index is 11.3. The van der Waals surface area contributed by atoms with Gasteiger partial charge in [-0.15, -0.1) is 0 Å². The van der Waals surface area contributed by atoms with Crippen LogP contribution in [0.25, 0.3) is 0 Å². The van der Waals surface area contributed by atoms with Gasteiger partial charge in [0.25, 0.3) is 0 Å². The average molecular weight is 219 g/mol. The summed E-state index contributed by atoms with van der Waals surface area (Å²) in [4.78, 5) is 26.1. The number of hydrogen-bond acceptors (Lipinski definition) is 3. The van der Waals surface area contributed by atoms with Crippen LogP contribution in [-0.2, 0) is 9.59 Å². The van der Waals surface area contributed by atoms with E-state index in [2.05, 4.69) is 4.99 Å². The maximum atomic E-state index is 11.3. The molecule has 1 atom stereocenters. The molecule has 0 aromatic carbocycles. The molecule has 0 radical (unpaired) electrons. The molecule has 5 nitrogen and oxygen atoms in total. The van der Waals surface area contributed by atoms with E-state index in [0.29, 0.717) is 11.3 Å². The van der Waals surface area contributed by atoms with Crippen LogP contribution in [0, 0.1) is 5.41 Å². The molecule has 82 valence electrons. The maximum Gasteiger partial charge on any atom is 0.318 e. The van der Waals surface area contributed by atoms with Gasteiger partial charge in [0.1, 0.15) is 5.41 Å². The van der Waals surface area contributed by atoms with Gasteiger partial charge in [-0.25, -0.2) is 0 Å². The highest BCUT2D eigenvalue weighted by molar-refractivity contribution is 5.93. The van der Waals surface area contributed by atoms with Crippen LogP contribution in [0.5, 0.6) is 0 Å². The van der Waals surface area contributed by atoms with Crippen molar-refractivity contribution in [2.45, 2.75) is 6.42 Å². The van der Waals surface area contributed by atoms with Crippen LogP contribution in [0.1, 0.15) is 6.42 Å². The van der Waals surface area contributed by atoms with Gasteiger partial charge in [-0.2, -0.15) is 0 Å². The van der Waals surface area contributed by atoms with Gasteiger partial charge in [0.2, 0.25) is 0 Å². The lowest BCUT2D eigenvalue weighted by molar-refractivity contribution is -0.150. The van der Waals surface area contributed by atoms with Crippen LogP contribution in [-0.4, -0.2) is 28.4 Å². The lowest BCUT2D eigenvalue weighted by Gasteiger charge is -2.28. The Morgan fingerprint density at radius 3 is 2.69 bits per heavy atom. The van der Waals surface area contributed by atoms with Gasteiger partial charge in [-0.1, -0.05) is 12.2 Å². The molecule has 2 aliphatic rings. The Morgan fingerprint density at radius 2 is 2.06 bits per heavy atom. The van der Waals surface area contributed by atoms with Gasteiger partial charge in [-0.3, -0.25) is 14.6 Å². The summed E-state index contributed by atoms with van der Waals surface area (Å²) in [5.41, 5.74) is -0.539. The molecular formula is C11H9NO4. The summed E-state index contributed by atoms with van der Waals surface area (Å²) in [6.07, 6.45) is 7.14. The molecule has 16 heavy (non-hydrogen) atoms. The number of carbonyl (C=O) groups is 2. The Labute approximate surface area is 91.1 Å². The number of carboxylic acid groups (broad SMARTS) is 2. The van der Waals surface area contributed by atoms with Gasteiger partial charge in [0, 0.05) is 11.8 Å². The first kappa shape index (κ1) is 10.4. The third-order valence-corrected chi connectivity index (χ3v) is 2.66. The molecule has 0 saturated heterocycles. The Kier molecular flexibility index (Phi) is 2.23. The first-order chi connectivity index (χ1) is 7.56. The van der Waals surface area contributed by atoms with Gasteiger partial charge in [0.05, 0.1) is 12.1 Å². The van der Waals surface area contributed by atoms with Crippen molar-refractivity contribution in [2.24, 2.45) is 10.4 Å². The SMILES string of the molecule is O=C(O)CC1(C(=O)O)C=CC=C2N=CC=C21. The second-order valence-corrected chi connectivity index (χ2v) is 3.62. The summed E-state index contributed by atoms with van der Waals surface area (Å²) in [7, 11) is 0. The summed E-state index contributed by atoms with van der Waals surface area (Å²) in [5.74, 6) is -2.32.